The number of benzene rings is 1. The Morgan fingerprint density at radius 2 is 2.08 bits per heavy atom. The lowest BCUT2D eigenvalue weighted by Crippen LogP contribution is -2.43. The number of hydrogen-bond acceptors (Lipinski definition) is 3. The van der Waals surface area contributed by atoms with E-state index in [1.54, 1.807) is 0 Å². The predicted molar refractivity (Wildman–Crippen MR) is 92.6 cm³/mol. The second-order valence-electron chi connectivity index (χ2n) is 6.29. The number of carbonyl (C=O) groups is 1. The first kappa shape index (κ1) is 16.7. The molecule has 5 heteroatoms. The van der Waals surface area contributed by atoms with Gasteiger partial charge in [0.25, 0.3) is 5.91 Å². The molecule has 24 heavy (non-hydrogen) atoms. The molecule has 1 aliphatic heterocycles. The highest BCUT2D eigenvalue weighted by Gasteiger charge is 2.26. The topological polar surface area (TPSA) is 47.4 Å². The van der Waals surface area contributed by atoms with Gasteiger partial charge in [-0.3, -0.25) is 9.48 Å². The van der Waals surface area contributed by atoms with Gasteiger partial charge < -0.3 is 9.64 Å². The van der Waals surface area contributed by atoms with Crippen LogP contribution in [-0.2, 0) is 29.0 Å². The Kier molecular flexibility index (Phi) is 5.30. The lowest BCUT2D eigenvalue weighted by atomic mass is 10.1. The number of aromatic nitrogens is 2. The van der Waals surface area contributed by atoms with Gasteiger partial charge in [-0.15, -0.1) is 0 Å². The third-order valence-electron chi connectivity index (χ3n) is 4.31. The quantitative estimate of drug-likeness (QED) is 0.819. The first-order chi connectivity index (χ1) is 11.7. The number of ether oxygens (including phenoxy) is 1. The van der Waals surface area contributed by atoms with Crippen molar-refractivity contribution in [3.8, 4) is 0 Å². The Labute approximate surface area is 143 Å². The van der Waals surface area contributed by atoms with Gasteiger partial charge in [0.15, 0.2) is 0 Å². The smallest absolute Gasteiger partial charge is 0.251 e. The van der Waals surface area contributed by atoms with E-state index in [2.05, 4.69) is 23.3 Å². The van der Waals surface area contributed by atoms with Crippen molar-refractivity contribution in [2.75, 3.05) is 13.2 Å². The Morgan fingerprint density at radius 1 is 1.29 bits per heavy atom. The average Bonchev–Trinajstić information content (AvgIpc) is 3.01. The summed E-state index contributed by atoms with van der Waals surface area (Å²) in [6.07, 6.45) is 1.38. The van der Waals surface area contributed by atoms with Crippen molar-refractivity contribution in [3.63, 3.8) is 0 Å². The van der Waals surface area contributed by atoms with Crippen molar-refractivity contribution in [2.24, 2.45) is 0 Å². The number of rotatable bonds is 6. The maximum absolute atomic E-state index is 12.5. The molecule has 0 fully saturated rings. The summed E-state index contributed by atoms with van der Waals surface area (Å²) in [5, 5.41) is 4.68. The van der Waals surface area contributed by atoms with Gasteiger partial charge in [-0.1, -0.05) is 37.3 Å². The standard InChI is InChI=1S/C19H25N3O2/c1-3-11-24-15(2)19(23)21-9-10-22-18(14-21)13-17(20-22)12-16-7-5-4-6-8-16/h4-8,13,15H,3,9-12,14H2,1-2H3/t15-/m0/s1. The summed E-state index contributed by atoms with van der Waals surface area (Å²) in [6, 6.07) is 12.5. The minimum Gasteiger partial charge on any atom is -0.369 e. The van der Waals surface area contributed by atoms with Gasteiger partial charge in [0.05, 0.1) is 24.5 Å². The van der Waals surface area contributed by atoms with E-state index in [0.717, 1.165) is 30.8 Å². The fraction of sp³-hybridized carbons (Fsp3) is 0.474. The van der Waals surface area contributed by atoms with Crippen molar-refractivity contribution in [1.82, 2.24) is 14.7 Å². The van der Waals surface area contributed by atoms with Crippen LogP contribution >= 0.6 is 0 Å². The maximum atomic E-state index is 12.5. The summed E-state index contributed by atoms with van der Waals surface area (Å²) in [5.41, 5.74) is 3.41. The number of nitrogens with zero attached hydrogens (tertiary/aromatic N) is 3. The van der Waals surface area contributed by atoms with Crippen LogP contribution in [0.5, 0.6) is 0 Å². The molecule has 0 unspecified atom stereocenters. The molecule has 3 rings (SSSR count). The van der Waals surface area contributed by atoms with Crippen molar-refractivity contribution in [1.29, 1.82) is 0 Å². The van der Waals surface area contributed by atoms with Crippen LogP contribution in [0.2, 0.25) is 0 Å². The zero-order valence-electron chi connectivity index (χ0n) is 14.4. The number of fused-ring (bicyclic) bond motifs is 1. The molecule has 5 nitrogen and oxygen atoms in total. The van der Waals surface area contributed by atoms with Crippen LogP contribution in [0, 0.1) is 0 Å². The van der Waals surface area contributed by atoms with Gasteiger partial charge in [0, 0.05) is 19.6 Å². The van der Waals surface area contributed by atoms with E-state index in [1.165, 1.54) is 5.56 Å². The van der Waals surface area contributed by atoms with Crippen molar-refractivity contribution in [2.45, 2.75) is 45.9 Å². The minimum absolute atomic E-state index is 0.0699. The molecular formula is C19H25N3O2. The summed E-state index contributed by atoms with van der Waals surface area (Å²) in [5.74, 6) is 0.0699. The summed E-state index contributed by atoms with van der Waals surface area (Å²) < 4.78 is 7.59. The van der Waals surface area contributed by atoms with Gasteiger partial charge >= 0.3 is 0 Å². The molecule has 0 radical (unpaired) electrons. The molecule has 1 amide bonds. The maximum Gasteiger partial charge on any atom is 0.251 e. The molecule has 0 saturated carbocycles. The Bertz CT molecular complexity index is 681. The van der Waals surface area contributed by atoms with Crippen LogP contribution in [0.4, 0.5) is 0 Å². The predicted octanol–water partition coefficient (Wildman–Crippen LogP) is 2.63. The molecule has 1 atom stereocenters. The highest BCUT2D eigenvalue weighted by molar-refractivity contribution is 5.80. The van der Waals surface area contributed by atoms with E-state index < -0.39 is 0 Å². The second kappa shape index (κ2) is 7.62. The van der Waals surface area contributed by atoms with Crippen LogP contribution in [0.25, 0.3) is 0 Å². The lowest BCUT2D eigenvalue weighted by Gasteiger charge is -2.29. The Balaban J connectivity index is 1.64. The van der Waals surface area contributed by atoms with E-state index >= 15 is 0 Å². The van der Waals surface area contributed by atoms with E-state index in [-0.39, 0.29) is 12.0 Å². The van der Waals surface area contributed by atoms with Crippen LogP contribution in [0.3, 0.4) is 0 Å². The third kappa shape index (κ3) is 3.85. The van der Waals surface area contributed by atoms with Crippen LogP contribution in [0.1, 0.15) is 37.2 Å². The molecule has 0 N–H and O–H groups in total. The van der Waals surface area contributed by atoms with Crippen molar-refractivity contribution < 1.29 is 9.53 Å². The Hall–Kier alpha value is -2.14. The molecule has 0 aliphatic carbocycles. The zero-order valence-corrected chi connectivity index (χ0v) is 14.4. The third-order valence-corrected chi connectivity index (χ3v) is 4.31. The summed E-state index contributed by atoms with van der Waals surface area (Å²) >= 11 is 0. The first-order valence-electron chi connectivity index (χ1n) is 8.67. The van der Waals surface area contributed by atoms with Crippen molar-refractivity contribution in [3.05, 3.63) is 53.3 Å². The highest BCUT2D eigenvalue weighted by atomic mass is 16.5. The number of amides is 1. The van der Waals surface area contributed by atoms with Crippen LogP contribution in [-0.4, -0.2) is 39.8 Å². The number of hydrogen-bond donors (Lipinski definition) is 0. The lowest BCUT2D eigenvalue weighted by molar-refractivity contribution is -0.144. The molecule has 0 saturated heterocycles. The van der Waals surface area contributed by atoms with Gasteiger partial charge in [-0.25, -0.2) is 0 Å². The normalized spacial score (nSPS) is 15.2. The minimum atomic E-state index is -0.372. The molecule has 1 aliphatic rings. The highest BCUT2D eigenvalue weighted by Crippen LogP contribution is 2.17. The SMILES string of the molecule is CCCO[C@@H](C)C(=O)N1CCn2nc(Cc3ccccc3)cc2C1. The fourth-order valence-electron chi connectivity index (χ4n) is 3.03. The van der Waals surface area contributed by atoms with Gasteiger partial charge in [0.1, 0.15) is 6.10 Å². The molecule has 128 valence electrons. The zero-order chi connectivity index (χ0) is 16.9. The molecule has 2 aromatic rings. The number of carbonyl (C=O) groups excluding carboxylic acids is 1. The largest absolute Gasteiger partial charge is 0.369 e. The molecular weight excluding hydrogens is 302 g/mol. The van der Waals surface area contributed by atoms with Crippen LogP contribution in [0.15, 0.2) is 36.4 Å². The monoisotopic (exact) mass is 327 g/mol. The molecule has 1 aromatic carbocycles. The van der Waals surface area contributed by atoms with E-state index in [4.69, 9.17) is 4.74 Å². The van der Waals surface area contributed by atoms with Crippen LogP contribution < -0.4 is 0 Å². The van der Waals surface area contributed by atoms with Gasteiger partial charge in [-0.2, -0.15) is 5.10 Å². The summed E-state index contributed by atoms with van der Waals surface area (Å²) in [7, 11) is 0. The molecule has 2 heterocycles. The summed E-state index contributed by atoms with van der Waals surface area (Å²) in [4.78, 5) is 14.4. The molecule has 0 spiro atoms. The molecule has 0 bridgehead atoms. The van der Waals surface area contributed by atoms with E-state index in [1.807, 2.05) is 41.6 Å². The van der Waals surface area contributed by atoms with Gasteiger partial charge in [0.2, 0.25) is 0 Å². The first-order valence-corrected chi connectivity index (χ1v) is 8.67. The van der Waals surface area contributed by atoms with Crippen molar-refractivity contribution >= 4 is 5.91 Å². The summed E-state index contributed by atoms with van der Waals surface area (Å²) in [6.45, 7) is 6.56. The van der Waals surface area contributed by atoms with E-state index in [9.17, 15) is 4.79 Å². The van der Waals surface area contributed by atoms with E-state index in [0.29, 0.717) is 19.7 Å². The fourth-order valence-corrected chi connectivity index (χ4v) is 3.03. The second-order valence-corrected chi connectivity index (χ2v) is 6.29. The molecule has 1 aromatic heterocycles. The average molecular weight is 327 g/mol. The Morgan fingerprint density at radius 3 is 2.83 bits per heavy atom. The van der Waals surface area contributed by atoms with Gasteiger partial charge in [-0.05, 0) is 25.0 Å².